The van der Waals surface area contributed by atoms with E-state index in [1.807, 2.05) is 60.7 Å². The number of anilines is 1. The molecule has 0 atom stereocenters. The summed E-state index contributed by atoms with van der Waals surface area (Å²) >= 11 is 0. The molecule has 8 heteroatoms. The van der Waals surface area contributed by atoms with E-state index in [1.54, 1.807) is 0 Å². The van der Waals surface area contributed by atoms with Gasteiger partial charge in [-0.05, 0) is 29.3 Å². The third kappa shape index (κ3) is 4.81. The van der Waals surface area contributed by atoms with Crippen molar-refractivity contribution in [3.05, 3.63) is 90.0 Å². The maximum Gasteiger partial charge on any atom is 0.243 e. The van der Waals surface area contributed by atoms with Crippen LogP contribution in [-0.2, 0) is 32.7 Å². The van der Waals surface area contributed by atoms with Crippen LogP contribution in [0.1, 0.15) is 24.0 Å². The van der Waals surface area contributed by atoms with Gasteiger partial charge < -0.3 is 4.74 Å². The van der Waals surface area contributed by atoms with Crippen molar-refractivity contribution in [1.82, 2.24) is 4.31 Å². The number of rotatable bonds is 8. The first kappa shape index (κ1) is 22.7. The van der Waals surface area contributed by atoms with Crippen molar-refractivity contribution in [1.29, 1.82) is 0 Å². The minimum atomic E-state index is -3.98. The zero-order valence-corrected chi connectivity index (χ0v) is 19.0. The fourth-order valence-corrected chi connectivity index (χ4v) is 5.24. The molecular formula is C25H24N2O5S. The lowest BCUT2D eigenvalue weighted by molar-refractivity contribution is -0.121. The van der Waals surface area contributed by atoms with E-state index < -0.39 is 10.0 Å². The summed E-state index contributed by atoms with van der Waals surface area (Å²) in [5.41, 5.74) is 1.83. The Balaban J connectivity index is 1.76. The van der Waals surface area contributed by atoms with Crippen LogP contribution in [0.25, 0.3) is 0 Å². The van der Waals surface area contributed by atoms with E-state index in [2.05, 4.69) is 0 Å². The minimum absolute atomic E-state index is 0.0161. The molecule has 170 valence electrons. The Kier molecular flexibility index (Phi) is 6.57. The summed E-state index contributed by atoms with van der Waals surface area (Å²) < 4.78 is 34.2. The first-order valence-corrected chi connectivity index (χ1v) is 12.0. The molecule has 0 aromatic heterocycles. The van der Waals surface area contributed by atoms with E-state index in [4.69, 9.17) is 4.74 Å². The zero-order chi connectivity index (χ0) is 23.4. The van der Waals surface area contributed by atoms with Gasteiger partial charge in [0.15, 0.2) is 0 Å². The molecule has 4 rings (SSSR count). The van der Waals surface area contributed by atoms with Crippen LogP contribution in [0, 0.1) is 0 Å². The number of amides is 2. The molecule has 1 fully saturated rings. The van der Waals surface area contributed by atoms with E-state index in [1.165, 1.54) is 29.6 Å². The number of carbonyl (C=O) groups excluding carboxylic acids is 2. The predicted octanol–water partition coefficient (Wildman–Crippen LogP) is 3.74. The van der Waals surface area contributed by atoms with Gasteiger partial charge in [-0.1, -0.05) is 60.7 Å². The quantitative estimate of drug-likeness (QED) is 0.474. The third-order valence-corrected chi connectivity index (χ3v) is 7.27. The van der Waals surface area contributed by atoms with Crippen LogP contribution in [-0.4, -0.2) is 31.6 Å². The molecule has 3 aromatic carbocycles. The summed E-state index contributed by atoms with van der Waals surface area (Å²) in [5.74, 6) is -0.494. The van der Waals surface area contributed by atoms with Gasteiger partial charge in [-0.2, -0.15) is 4.31 Å². The monoisotopic (exact) mass is 464 g/mol. The smallest absolute Gasteiger partial charge is 0.243 e. The van der Waals surface area contributed by atoms with E-state index in [0.29, 0.717) is 0 Å². The Labute approximate surface area is 193 Å². The van der Waals surface area contributed by atoms with Crippen molar-refractivity contribution in [3.8, 4) is 5.75 Å². The van der Waals surface area contributed by atoms with E-state index in [9.17, 15) is 18.0 Å². The van der Waals surface area contributed by atoms with Crippen molar-refractivity contribution in [2.75, 3.05) is 12.0 Å². The van der Waals surface area contributed by atoms with Gasteiger partial charge in [-0.3, -0.25) is 9.59 Å². The second-order valence-electron chi connectivity index (χ2n) is 7.70. The summed E-state index contributed by atoms with van der Waals surface area (Å²) in [7, 11) is -2.57. The molecule has 0 spiro atoms. The fraction of sp³-hybridized carbons (Fsp3) is 0.200. The first-order chi connectivity index (χ1) is 15.9. The summed E-state index contributed by atoms with van der Waals surface area (Å²) in [5, 5.41) is 0. The lowest BCUT2D eigenvalue weighted by atomic mass is 10.2. The Morgan fingerprint density at radius 1 is 0.818 bits per heavy atom. The summed E-state index contributed by atoms with van der Waals surface area (Å²) in [6.07, 6.45) is 0.181. The number of methoxy groups -OCH3 is 1. The summed E-state index contributed by atoms with van der Waals surface area (Å²) in [6.45, 7) is 0.335. The number of benzene rings is 3. The number of carbonyl (C=O) groups is 2. The van der Waals surface area contributed by atoms with E-state index in [0.717, 1.165) is 16.0 Å². The van der Waals surface area contributed by atoms with Crippen LogP contribution >= 0.6 is 0 Å². The van der Waals surface area contributed by atoms with Crippen molar-refractivity contribution in [3.63, 3.8) is 0 Å². The molecule has 3 aromatic rings. The second-order valence-corrected chi connectivity index (χ2v) is 9.64. The standard InChI is InChI=1S/C25H24N2O5S/c1-32-23-13-12-21(16-22(23)27-24(28)14-15-25(27)29)33(30,31)26(17-19-8-4-2-5-9-19)18-20-10-6-3-7-11-20/h2-13,16H,14-15,17-18H2,1H3. The number of hydrogen-bond donors (Lipinski definition) is 0. The number of imide groups is 1. The molecule has 0 saturated carbocycles. The number of nitrogens with zero attached hydrogens (tertiary/aromatic N) is 2. The SMILES string of the molecule is COc1ccc(S(=O)(=O)N(Cc2ccccc2)Cc2ccccc2)cc1N1C(=O)CCC1=O. The van der Waals surface area contributed by atoms with Gasteiger partial charge in [-0.25, -0.2) is 13.3 Å². The highest BCUT2D eigenvalue weighted by Crippen LogP contribution is 2.35. The van der Waals surface area contributed by atoms with Crippen LogP contribution in [0.4, 0.5) is 5.69 Å². The Morgan fingerprint density at radius 2 is 1.33 bits per heavy atom. The van der Waals surface area contributed by atoms with Gasteiger partial charge in [0.2, 0.25) is 21.8 Å². The lowest BCUT2D eigenvalue weighted by Crippen LogP contribution is -2.32. The van der Waals surface area contributed by atoms with Gasteiger partial charge in [0.25, 0.3) is 0 Å². The predicted molar refractivity (Wildman–Crippen MR) is 124 cm³/mol. The number of hydrogen-bond acceptors (Lipinski definition) is 5. The minimum Gasteiger partial charge on any atom is -0.495 e. The second kappa shape index (κ2) is 9.56. The van der Waals surface area contributed by atoms with Crippen molar-refractivity contribution in [2.24, 2.45) is 0 Å². The van der Waals surface area contributed by atoms with Gasteiger partial charge in [0.1, 0.15) is 5.75 Å². The molecule has 33 heavy (non-hydrogen) atoms. The van der Waals surface area contributed by atoms with E-state index in [-0.39, 0.29) is 54.1 Å². The molecule has 1 saturated heterocycles. The average Bonchev–Trinajstić information content (AvgIpc) is 3.17. The molecule has 1 aliphatic rings. The molecule has 0 unspecified atom stereocenters. The van der Waals surface area contributed by atoms with Crippen molar-refractivity contribution in [2.45, 2.75) is 30.8 Å². The van der Waals surface area contributed by atoms with Gasteiger partial charge >= 0.3 is 0 Å². The van der Waals surface area contributed by atoms with Crippen LogP contribution in [0.2, 0.25) is 0 Å². The molecular weight excluding hydrogens is 440 g/mol. The van der Waals surface area contributed by atoms with Gasteiger partial charge in [-0.15, -0.1) is 0 Å². The van der Waals surface area contributed by atoms with Crippen molar-refractivity contribution >= 4 is 27.5 Å². The highest BCUT2D eigenvalue weighted by molar-refractivity contribution is 7.89. The van der Waals surface area contributed by atoms with Gasteiger partial charge in [0.05, 0.1) is 17.7 Å². The Hall–Kier alpha value is -3.49. The van der Waals surface area contributed by atoms with Crippen LogP contribution in [0.3, 0.4) is 0 Å². The highest BCUT2D eigenvalue weighted by atomic mass is 32.2. The zero-order valence-electron chi connectivity index (χ0n) is 18.2. The third-order valence-electron chi connectivity index (χ3n) is 5.48. The lowest BCUT2D eigenvalue weighted by Gasteiger charge is -2.24. The molecule has 7 nitrogen and oxygen atoms in total. The van der Waals surface area contributed by atoms with Gasteiger partial charge in [0, 0.05) is 25.9 Å². The topological polar surface area (TPSA) is 84.0 Å². The Bertz CT molecular complexity index is 1200. The van der Waals surface area contributed by atoms with E-state index >= 15 is 0 Å². The normalized spacial score (nSPS) is 14.2. The van der Waals surface area contributed by atoms with Crippen molar-refractivity contribution < 1.29 is 22.7 Å². The molecule has 1 heterocycles. The molecule has 0 aliphatic carbocycles. The average molecular weight is 465 g/mol. The summed E-state index contributed by atoms with van der Waals surface area (Å²) in [4.78, 5) is 25.6. The first-order valence-electron chi connectivity index (χ1n) is 10.5. The molecule has 0 radical (unpaired) electrons. The van der Waals surface area contributed by atoms with Crippen LogP contribution in [0.15, 0.2) is 83.8 Å². The van der Waals surface area contributed by atoms with Crippen LogP contribution in [0.5, 0.6) is 5.75 Å². The number of ether oxygens (including phenoxy) is 1. The Morgan fingerprint density at radius 3 is 1.82 bits per heavy atom. The number of sulfonamides is 1. The molecule has 1 aliphatic heterocycles. The molecule has 0 N–H and O–H groups in total. The molecule has 2 amide bonds. The fourth-order valence-electron chi connectivity index (χ4n) is 3.80. The largest absolute Gasteiger partial charge is 0.495 e. The van der Waals surface area contributed by atoms with Crippen LogP contribution < -0.4 is 9.64 Å². The maximum atomic E-state index is 13.8. The highest BCUT2D eigenvalue weighted by Gasteiger charge is 2.34. The summed E-state index contributed by atoms with van der Waals surface area (Å²) in [6, 6.07) is 22.9. The molecule has 0 bridgehead atoms. The maximum absolute atomic E-state index is 13.8.